The van der Waals surface area contributed by atoms with Gasteiger partial charge in [0.1, 0.15) is 5.56 Å². The van der Waals surface area contributed by atoms with Gasteiger partial charge in [0.25, 0.3) is 0 Å². The molecule has 0 aliphatic heterocycles. The highest BCUT2D eigenvalue weighted by Gasteiger charge is 2.20. The SMILES string of the molecule is CCN(CC(=O)NC(C)C)c1cccc(Cl)c1C(=O)O. The molecule has 0 saturated carbocycles. The third-order valence-electron chi connectivity index (χ3n) is 2.71. The number of hydrogen-bond acceptors (Lipinski definition) is 3. The normalized spacial score (nSPS) is 10.4. The molecule has 0 atom stereocenters. The Labute approximate surface area is 123 Å². The minimum Gasteiger partial charge on any atom is -0.478 e. The van der Waals surface area contributed by atoms with Crippen molar-refractivity contribution in [3.8, 4) is 0 Å². The van der Waals surface area contributed by atoms with E-state index in [9.17, 15) is 14.7 Å². The smallest absolute Gasteiger partial charge is 0.339 e. The molecule has 0 fully saturated rings. The van der Waals surface area contributed by atoms with Crippen LogP contribution in [0.15, 0.2) is 18.2 Å². The Morgan fingerprint density at radius 3 is 2.55 bits per heavy atom. The number of anilines is 1. The maximum atomic E-state index is 11.8. The van der Waals surface area contributed by atoms with Crippen molar-refractivity contribution < 1.29 is 14.7 Å². The van der Waals surface area contributed by atoms with Crippen LogP contribution in [0.25, 0.3) is 0 Å². The fourth-order valence-corrected chi connectivity index (χ4v) is 2.15. The third kappa shape index (κ3) is 4.13. The molecule has 1 aromatic carbocycles. The topological polar surface area (TPSA) is 69.6 Å². The first-order chi connectivity index (χ1) is 9.36. The molecule has 1 rings (SSSR count). The van der Waals surface area contributed by atoms with Gasteiger partial charge in [-0.1, -0.05) is 17.7 Å². The molecule has 1 aromatic rings. The second-order valence-corrected chi connectivity index (χ2v) is 5.08. The Kier molecular flexibility index (Phi) is 5.82. The molecule has 110 valence electrons. The number of benzene rings is 1. The zero-order chi connectivity index (χ0) is 15.3. The second kappa shape index (κ2) is 7.14. The molecule has 1 amide bonds. The van der Waals surface area contributed by atoms with Crippen molar-refractivity contribution in [2.75, 3.05) is 18.0 Å². The molecule has 6 heteroatoms. The molecule has 0 radical (unpaired) electrons. The van der Waals surface area contributed by atoms with E-state index in [1.807, 2.05) is 20.8 Å². The van der Waals surface area contributed by atoms with Crippen molar-refractivity contribution in [1.29, 1.82) is 0 Å². The quantitative estimate of drug-likeness (QED) is 0.846. The van der Waals surface area contributed by atoms with Gasteiger partial charge in [0.05, 0.1) is 17.3 Å². The molecule has 0 bridgehead atoms. The first-order valence-corrected chi connectivity index (χ1v) is 6.80. The Bertz CT molecular complexity index is 503. The molecular weight excluding hydrogens is 280 g/mol. The molecule has 0 aliphatic carbocycles. The van der Waals surface area contributed by atoms with Gasteiger partial charge in [0.15, 0.2) is 0 Å². The van der Waals surface area contributed by atoms with Gasteiger partial charge >= 0.3 is 5.97 Å². The standard InChI is InChI=1S/C14H19ClN2O3/c1-4-17(8-12(18)16-9(2)3)11-7-5-6-10(15)13(11)14(19)20/h5-7,9H,4,8H2,1-3H3,(H,16,18)(H,19,20). The summed E-state index contributed by atoms with van der Waals surface area (Å²) in [4.78, 5) is 24.8. The second-order valence-electron chi connectivity index (χ2n) is 4.68. The monoisotopic (exact) mass is 298 g/mol. The summed E-state index contributed by atoms with van der Waals surface area (Å²) in [5.74, 6) is -1.26. The van der Waals surface area contributed by atoms with E-state index >= 15 is 0 Å². The zero-order valence-corrected chi connectivity index (χ0v) is 12.6. The summed E-state index contributed by atoms with van der Waals surface area (Å²) in [6.45, 7) is 6.20. The van der Waals surface area contributed by atoms with Crippen molar-refractivity contribution in [3.63, 3.8) is 0 Å². The van der Waals surface area contributed by atoms with E-state index in [0.717, 1.165) is 0 Å². The third-order valence-corrected chi connectivity index (χ3v) is 3.03. The first kappa shape index (κ1) is 16.3. The molecule has 2 N–H and O–H groups in total. The molecule has 0 aromatic heterocycles. The number of nitrogens with zero attached hydrogens (tertiary/aromatic N) is 1. The highest BCUT2D eigenvalue weighted by molar-refractivity contribution is 6.34. The summed E-state index contributed by atoms with van der Waals surface area (Å²) in [6.07, 6.45) is 0. The van der Waals surface area contributed by atoms with Crippen LogP contribution in [0.5, 0.6) is 0 Å². The predicted molar refractivity (Wildman–Crippen MR) is 79.6 cm³/mol. The van der Waals surface area contributed by atoms with E-state index in [2.05, 4.69) is 5.32 Å². The predicted octanol–water partition coefficient (Wildman–Crippen LogP) is 2.39. The summed E-state index contributed by atoms with van der Waals surface area (Å²) in [7, 11) is 0. The van der Waals surface area contributed by atoms with E-state index in [4.69, 9.17) is 11.6 Å². The molecule has 0 heterocycles. The summed E-state index contributed by atoms with van der Waals surface area (Å²) >= 11 is 5.94. The van der Waals surface area contributed by atoms with Gasteiger partial charge in [0, 0.05) is 12.6 Å². The number of carboxylic acids is 1. The highest BCUT2D eigenvalue weighted by Crippen LogP contribution is 2.27. The van der Waals surface area contributed by atoms with Crippen LogP contribution in [0.2, 0.25) is 5.02 Å². The number of halogens is 1. The van der Waals surface area contributed by atoms with Crippen LogP contribution in [0, 0.1) is 0 Å². The lowest BCUT2D eigenvalue weighted by Gasteiger charge is -2.25. The van der Waals surface area contributed by atoms with E-state index in [1.165, 1.54) is 6.07 Å². The Morgan fingerprint density at radius 1 is 1.40 bits per heavy atom. The fourth-order valence-electron chi connectivity index (χ4n) is 1.90. The number of aromatic carboxylic acids is 1. The Hall–Kier alpha value is -1.75. The molecule has 0 saturated heterocycles. The number of rotatable bonds is 6. The largest absolute Gasteiger partial charge is 0.478 e. The average molecular weight is 299 g/mol. The number of likely N-dealkylation sites (N-methyl/N-ethyl adjacent to an activating group) is 1. The van der Waals surface area contributed by atoms with Crippen LogP contribution < -0.4 is 10.2 Å². The van der Waals surface area contributed by atoms with Gasteiger partial charge in [-0.15, -0.1) is 0 Å². The number of carboxylic acid groups (broad SMARTS) is 1. The summed E-state index contributed by atoms with van der Waals surface area (Å²) in [5.41, 5.74) is 0.472. The number of hydrogen-bond donors (Lipinski definition) is 2. The van der Waals surface area contributed by atoms with E-state index < -0.39 is 5.97 Å². The van der Waals surface area contributed by atoms with E-state index in [-0.39, 0.29) is 29.1 Å². The van der Waals surface area contributed by atoms with Crippen LogP contribution in [-0.4, -0.2) is 36.1 Å². The van der Waals surface area contributed by atoms with Crippen molar-refractivity contribution in [2.45, 2.75) is 26.8 Å². The van der Waals surface area contributed by atoms with Crippen LogP contribution >= 0.6 is 11.6 Å². The van der Waals surface area contributed by atoms with Crippen LogP contribution in [0.3, 0.4) is 0 Å². The van der Waals surface area contributed by atoms with Gasteiger partial charge in [-0.2, -0.15) is 0 Å². The lowest BCUT2D eigenvalue weighted by atomic mass is 10.1. The molecule has 5 nitrogen and oxygen atoms in total. The first-order valence-electron chi connectivity index (χ1n) is 6.42. The summed E-state index contributed by atoms with van der Waals surface area (Å²) in [5, 5.41) is 12.2. The van der Waals surface area contributed by atoms with Crippen LogP contribution in [-0.2, 0) is 4.79 Å². The highest BCUT2D eigenvalue weighted by atomic mass is 35.5. The van der Waals surface area contributed by atoms with Crippen LogP contribution in [0.4, 0.5) is 5.69 Å². The summed E-state index contributed by atoms with van der Waals surface area (Å²) in [6, 6.07) is 4.89. The maximum absolute atomic E-state index is 11.8. The number of carbonyl (C=O) groups is 2. The van der Waals surface area contributed by atoms with E-state index in [0.29, 0.717) is 12.2 Å². The van der Waals surface area contributed by atoms with Gasteiger partial charge in [0.2, 0.25) is 5.91 Å². The molecule has 20 heavy (non-hydrogen) atoms. The van der Waals surface area contributed by atoms with Crippen molar-refractivity contribution in [2.24, 2.45) is 0 Å². The van der Waals surface area contributed by atoms with Crippen LogP contribution in [0.1, 0.15) is 31.1 Å². The molecule has 0 aliphatic rings. The van der Waals surface area contributed by atoms with Gasteiger partial charge in [-0.3, -0.25) is 4.79 Å². The minimum atomic E-state index is -1.10. The van der Waals surface area contributed by atoms with Gasteiger partial charge in [-0.25, -0.2) is 4.79 Å². The lowest BCUT2D eigenvalue weighted by molar-refractivity contribution is -0.120. The molecule has 0 unspecified atom stereocenters. The average Bonchev–Trinajstić information content (AvgIpc) is 2.34. The summed E-state index contributed by atoms with van der Waals surface area (Å²) < 4.78 is 0. The van der Waals surface area contributed by atoms with E-state index in [1.54, 1.807) is 17.0 Å². The maximum Gasteiger partial charge on any atom is 0.339 e. The number of carbonyl (C=O) groups excluding carboxylic acids is 1. The minimum absolute atomic E-state index is 0.0216. The fraction of sp³-hybridized carbons (Fsp3) is 0.429. The number of amides is 1. The molecular formula is C14H19ClN2O3. The van der Waals surface area contributed by atoms with Gasteiger partial charge < -0.3 is 15.3 Å². The van der Waals surface area contributed by atoms with Gasteiger partial charge in [-0.05, 0) is 32.9 Å². The Balaban J connectivity index is 3.04. The van der Waals surface area contributed by atoms with Crippen molar-refractivity contribution in [3.05, 3.63) is 28.8 Å². The lowest BCUT2D eigenvalue weighted by Crippen LogP contribution is -2.40. The Morgan fingerprint density at radius 2 is 2.05 bits per heavy atom. The number of nitrogens with one attached hydrogen (secondary N) is 1. The molecule has 0 spiro atoms. The van der Waals surface area contributed by atoms with Crippen molar-refractivity contribution >= 4 is 29.2 Å². The zero-order valence-electron chi connectivity index (χ0n) is 11.8. The van der Waals surface area contributed by atoms with Crippen molar-refractivity contribution in [1.82, 2.24) is 5.32 Å².